The highest BCUT2D eigenvalue weighted by molar-refractivity contribution is 7.89. The van der Waals surface area contributed by atoms with Gasteiger partial charge in [-0.3, -0.25) is 4.79 Å². The van der Waals surface area contributed by atoms with Crippen LogP contribution in [-0.2, 0) is 10.0 Å². The molecule has 0 atom stereocenters. The van der Waals surface area contributed by atoms with Gasteiger partial charge in [-0.15, -0.1) is 0 Å². The molecule has 2 aromatic carbocycles. The van der Waals surface area contributed by atoms with Crippen molar-refractivity contribution in [3.63, 3.8) is 0 Å². The molecule has 2 heterocycles. The zero-order valence-corrected chi connectivity index (χ0v) is 20.8. The van der Waals surface area contributed by atoms with Crippen molar-refractivity contribution < 1.29 is 13.2 Å². The van der Waals surface area contributed by atoms with E-state index in [9.17, 15) is 13.2 Å². The predicted octanol–water partition coefficient (Wildman–Crippen LogP) is 4.03. The number of amides is 1. The summed E-state index contributed by atoms with van der Waals surface area (Å²) < 4.78 is 27.9. The van der Waals surface area contributed by atoms with Gasteiger partial charge in [0.25, 0.3) is 5.91 Å². The van der Waals surface area contributed by atoms with Crippen molar-refractivity contribution in [3.05, 3.63) is 77.4 Å². The quantitative estimate of drug-likeness (QED) is 0.553. The van der Waals surface area contributed by atoms with Crippen LogP contribution in [0.1, 0.15) is 46.1 Å². The van der Waals surface area contributed by atoms with E-state index in [2.05, 4.69) is 35.9 Å². The topological polar surface area (TPSA) is 83.5 Å². The summed E-state index contributed by atoms with van der Waals surface area (Å²) in [5.41, 5.74) is 4.92. The van der Waals surface area contributed by atoms with Gasteiger partial charge >= 0.3 is 0 Å². The fourth-order valence-corrected chi connectivity index (χ4v) is 5.82. The number of benzene rings is 2. The van der Waals surface area contributed by atoms with Crippen LogP contribution in [0.3, 0.4) is 0 Å². The first-order valence-corrected chi connectivity index (χ1v) is 12.8. The molecule has 0 saturated carbocycles. The fraction of sp³-hybridized carbons (Fsp3) is 0.346. The fourth-order valence-electron chi connectivity index (χ4n) is 4.30. The van der Waals surface area contributed by atoms with Crippen molar-refractivity contribution in [3.8, 4) is 11.1 Å². The van der Waals surface area contributed by atoms with Gasteiger partial charge in [-0.1, -0.05) is 24.3 Å². The molecule has 1 saturated heterocycles. The highest BCUT2D eigenvalue weighted by atomic mass is 32.2. The van der Waals surface area contributed by atoms with Crippen molar-refractivity contribution in [2.75, 3.05) is 27.2 Å². The lowest BCUT2D eigenvalue weighted by molar-refractivity contribution is 0.0827. The van der Waals surface area contributed by atoms with E-state index in [0.717, 1.165) is 17.0 Å². The number of sulfonamides is 1. The Morgan fingerprint density at radius 1 is 1.00 bits per heavy atom. The molecule has 4 rings (SSSR count). The highest BCUT2D eigenvalue weighted by Crippen LogP contribution is 2.30. The summed E-state index contributed by atoms with van der Waals surface area (Å²) in [7, 11) is -0.392. The van der Waals surface area contributed by atoms with Gasteiger partial charge in [-0.05, 0) is 61.6 Å². The second-order valence-corrected chi connectivity index (χ2v) is 10.9. The maximum Gasteiger partial charge on any atom is 0.253 e. The van der Waals surface area contributed by atoms with E-state index in [-0.39, 0.29) is 16.7 Å². The van der Waals surface area contributed by atoms with Crippen molar-refractivity contribution in [2.24, 2.45) is 0 Å². The third-order valence-corrected chi connectivity index (χ3v) is 8.43. The Balaban J connectivity index is 1.45. The number of carbonyl (C=O) groups excluding carboxylic acids is 1. The highest BCUT2D eigenvalue weighted by Gasteiger charge is 2.31. The van der Waals surface area contributed by atoms with Gasteiger partial charge in [0, 0.05) is 56.6 Å². The molecule has 0 N–H and O–H groups in total. The Labute approximate surface area is 201 Å². The van der Waals surface area contributed by atoms with Crippen LogP contribution in [0, 0.1) is 13.8 Å². The van der Waals surface area contributed by atoms with E-state index in [4.69, 9.17) is 0 Å². The Kier molecular flexibility index (Phi) is 6.81. The average molecular weight is 479 g/mol. The summed E-state index contributed by atoms with van der Waals surface area (Å²) in [6.45, 7) is 4.97. The van der Waals surface area contributed by atoms with E-state index in [0.29, 0.717) is 31.5 Å². The molecular weight excluding hydrogens is 448 g/mol. The SMILES string of the molecule is Cc1cccc(-c2cnc(C3CCN(S(=O)(=O)c4cccc(C(=O)N(C)C)c4)CC3)nc2)c1C. The third-order valence-electron chi connectivity index (χ3n) is 6.53. The van der Waals surface area contributed by atoms with Gasteiger partial charge in [0.2, 0.25) is 10.0 Å². The van der Waals surface area contributed by atoms with E-state index < -0.39 is 10.0 Å². The number of nitrogens with zero attached hydrogens (tertiary/aromatic N) is 4. The monoisotopic (exact) mass is 478 g/mol. The van der Waals surface area contributed by atoms with Crippen LogP contribution >= 0.6 is 0 Å². The molecule has 1 fully saturated rings. The average Bonchev–Trinajstić information content (AvgIpc) is 2.85. The molecule has 1 amide bonds. The number of piperidine rings is 1. The molecule has 3 aromatic rings. The second kappa shape index (κ2) is 9.64. The summed E-state index contributed by atoms with van der Waals surface area (Å²) in [6, 6.07) is 12.4. The normalized spacial score (nSPS) is 15.3. The number of carbonyl (C=O) groups is 1. The van der Waals surface area contributed by atoms with E-state index in [1.165, 1.54) is 26.4 Å². The summed E-state index contributed by atoms with van der Waals surface area (Å²) >= 11 is 0. The van der Waals surface area contributed by atoms with E-state index in [1.54, 1.807) is 32.3 Å². The largest absolute Gasteiger partial charge is 0.345 e. The first-order valence-electron chi connectivity index (χ1n) is 11.4. The summed E-state index contributed by atoms with van der Waals surface area (Å²) in [4.78, 5) is 23.1. The number of rotatable bonds is 5. The van der Waals surface area contributed by atoms with Crippen molar-refractivity contribution in [1.82, 2.24) is 19.2 Å². The van der Waals surface area contributed by atoms with Crippen LogP contribution in [0.4, 0.5) is 0 Å². The van der Waals surface area contributed by atoms with Gasteiger partial charge in [0.1, 0.15) is 5.82 Å². The van der Waals surface area contributed by atoms with E-state index >= 15 is 0 Å². The van der Waals surface area contributed by atoms with Gasteiger partial charge in [-0.25, -0.2) is 18.4 Å². The molecule has 1 aliphatic heterocycles. The zero-order chi connectivity index (χ0) is 24.5. The molecule has 0 spiro atoms. The molecule has 0 bridgehead atoms. The molecule has 178 valence electrons. The van der Waals surface area contributed by atoms with Gasteiger partial charge < -0.3 is 4.90 Å². The van der Waals surface area contributed by atoms with Crippen LogP contribution in [0.15, 0.2) is 59.8 Å². The summed E-state index contributed by atoms with van der Waals surface area (Å²) in [5, 5.41) is 0. The Bertz CT molecular complexity index is 1300. The number of hydrogen-bond acceptors (Lipinski definition) is 5. The Morgan fingerprint density at radius 3 is 2.29 bits per heavy atom. The molecule has 0 unspecified atom stereocenters. The van der Waals surface area contributed by atoms with Crippen LogP contribution in [0.2, 0.25) is 0 Å². The first-order chi connectivity index (χ1) is 16.2. The lowest BCUT2D eigenvalue weighted by Gasteiger charge is -2.30. The molecular formula is C26H30N4O3S. The minimum absolute atomic E-state index is 0.112. The summed E-state index contributed by atoms with van der Waals surface area (Å²) in [6.07, 6.45) is 5.03. The standard InChI is InChI=1S/C26H30N4O3S/c1-18-7-5-10-24(19(18)2)22-16-27-25(28-17-22)20-11-13-30(14-12-20)34(32,33)23-9-6-8-21(15-23)26(31)29(3)4/h5-10,15-17,20H,11-14H2,1-4H3. The lowest BCUT2D eigenvalue weighted by Crippen LogP contribution is -2.38. The second-order valence-electron chi connectivity index (χ2n) is 8.98. The molecule has 7 nitrogen and oxygen atoms in total. The Hall–Kier alpha value is -3.10. The van der Waals surface area contributed by atoms with Crippen molar-refractivity contribution in [2.45, 2.75) is 37.5 Å². The minimum atomic E-state index is -3.68. The third kappa shape index (κ3) is 4.74. The van der Waals surface area contributed by atoms with Crippen molar-refractivity contribution in [1.29, 1.82) is 0 Å². The predicted molar refractivity (Wildman–Crippen MR) is 132 cm³/mol. The maximum absolute atomic E-state index is 13.2. The Morgan fingerprint density at radius 2 is 1.65 bits per heavy atom. The number of aryl methyl sites for hydroxylation is 1. The smallest absolute Gasteiger partial charge is 0.253 e. The zero-order valence-electron chi connectivity index (χ0n) is 20.0. The number of aromatic nitrogens is 2. The maximum atomic E-state index is 13.2. The molecule has 1 aliphatic rings. The minimum Gasteiger partial charge on any atom is -0.345 e. The van der Waals surface area contributed by atoms with Gasteiger partial charge in [-0.2, -0.15) is 4.31 Å². The van der Waals surface area contributed by atoms with Gasteiger partial charge in [0.05, 0.1) is 4.90 Å². The molecule has 0 radical (unpaired) electrons. The first kappa shape index (κ1) is 24.0. The van der Waals surface area contributed by atoms with E-state index in [1.807, 2.05) is 18.5 Å². The van der Waals surface area contributed by atoms with Crippen molar-refractivity contribution >= 4 is 15.9 Å². The molecule has 34 heavy (non-hydrogen) atoms. The molecule has 0 aliphatic carbocycles. The van der Waals surface area contributed by atoms with Crippen LogP contribution in [0.25, 0.3) is 11.1 Å². The van der Waals surface area contributed by atoms with Crippen LogP contribution in [-0.4, -0.2) is 60.7 Å². The van der Waals surface area contributed by atoms with Gasteiger partial charge in [0.15, 0.2) is 0 Å². The summed E-state index contributed by atoms with van der Waals surface area (Å²) in [5.74, 6) is 0.641. The molecule has 8 heteroatoms. The van der Waals surface area contributed by atoms with Crippen LogP contribution < -0.4 is 0 Å². The lowest BCUT2D eigenvalue weighted by atomic mass is 9.96. The van der Waals surface area contributed by atoms with Crippen LogP contribution in [0.5, 0.6) is 0 Å². The number of hydrogen-bond donors (Lipinski definition) is 0. The molecule has 1 aromatic heterocycles.